The minimum absolute atomic E-state index is 0.177. The van der Waals surface area contributed by atoms with Gasteiger partial charge in [0.05, 0.1) is 10.7 Å². The van der Waals surface area contributed by atoms with Crippen molar-refractivity contribution in [3.8, 4) is 0 Å². The van der Waals surface area contributed by atoms with Gasteiger partial charge < -0.3 is 10.6 Å². The molecule has 0 spiro atoms. The van der Waals surface area contributed by atoms with Gasteiger partial charge >= 0.3 is 0 Å². The van der Waals surface area contributed by atoms with E-state index in [-0.39, 0.29) is 6.04 Å². The van der Waals surface area contributed by atoms with E-state index >= 15 is 0 Å². The number of halogens is 1. The Hall–Kier alpha value is -0.730. The normalized spacial score (nSPS) is 19.4. The summed E-state index contributed by atoms with van der Waals surface area (Å²) in [4.78, 5) is 2.45. The number of hydrogen-bond acceptors (Lipinski definition) is 2. The molecule has 0 aromatic heterocycles. The van der Waals surface area contributed by atoms with Gasteiger partial charge in [-0.05, 0) is 55.7 Å². The highest BCUT2D eigenvalue weighted by Gasteiger charge is 2.35. The number of benzene rings is 1. The Balaban J connectivity index is 2.14. The summed E-state index contributed by atoms with van der Waals surface area (Å²) < 4.78 is 0. The molecular weight excluding hydrogens is 268 g/mol. The third-order valence-corrected chi connectivity index (χ3v) is 5.15. The minimum Gasteiger partial charge on any atom is -0.370 e. The predicted octanol–water partition coefficient (Wildman–Crippen LogP) is 4.25. The first-order valence-electron chi connectivity index (χ1n) is 7.78. The average molecular weight is 295 g/mol. The number of hydrogen-bond donors (Lipinski definition) is 1. The van der Waals surface area contributed by atoms with E-state index in [2.05, 4.69) is 36.9 Å². The fourth-order valence-electron chi connectivity index (χ4n) is 3.27. The van der Waals surface area contributed by atoms with E-state index in [4.69, 9.17) is 17.3 Å². The largest absolute Gasteiger partial charge is 0.370 e. The van der Waals surface area contributed by atoms with E-state index in [0.717, 1.165) is 24.5 Å². The predicted molar refractivity (Wildman–Crippen MR) is 88.7 cm³/mol. The fourth-order valence-corrected chi connectivity index (χ4v) is 3.60. The summed E-state index contributed by atoms with van der Waals surface area (Å²) in [5, 5.41) is 0.867. The maximum Gasteiger partial charge on any atom is 0.0642 e. The summed E-state index contributed by atoms with van der Waals surface area (Å²) >= 11 is 6.49. The molecule has 1 unspecified atom stereocenters. The summed E-state index contributed by atoms with van der Waals surface area (Å²) in [7, 11) is 0. The maximum absolute atomic E-state index is 6.49. The molecule has 2 nitrogen and oxygen atoms in total. The van der Waals surface area contributed by atoms with Crippen molar-refractivity contribution in [2.24, 2.45) is 11.1 Å². The zero-order valence-corrected chi connectivity index (χ0v) is 13.7. The van der Waals surface area contributed by atoms with Crippen LogP contribution in [-0.2, 0) is 6.42 Å². The average Bonchev–Trinajstić information content (AvgIpc) is 2.83. The van der Waals surface area contributed by atoms with Crippen molar-refractivity contribution in [1.29, 1.82) is 0 Å². The third-order valence-electron chi connectivity index (χ3n) is 4.85. The van der Waals surface area contributed by atoms with Gasteiger partial charge in [0.15, 0.2) is 0 Å². The molecular formula is C17H27ClN2. The van der Waals surface area contributed by atoms with Crippen molar-refractivity contribution < 1.29 is 0 Å². The van der Waals surface area contributed by atoms with Crippen molar-refractivity contribution in [2.75, 3.05) is 18.0 Å². The summed E-state index contributed by atoms with van der Waals surface area (Å²) in [6, 6.07) is 6.60. The van der Waals surface area contributed by atoms with Gasteiger partial charge in [0.25, 0.3) is 0 Å². The third kappa shape index (κ3) is 3.29. The quantitative estimate of drug-likeness (QED) is 0.880. The molecule has 0 amide bonds. The zero-order valence-electron chi connectivity index (χ0n) is 13.0. The second-order valence-electron chi connectivity index (χ2n) is 6.35. The first kappa shape index (κ1) is 15.7. The molecule has 1 fully saturated rings. The van der Waals surface area contributed by atoms with Crippen molar-refractivity contribution in [3.05, 3.63) is 28.8 Å². The van der Waals surface area contributed by atoms with Crippen LogP contribution in [0.5, 0.6) is 0 Å². The first-order chi connectivity index (χ1) is 9.49. The zero-order chi connectivity index (χ0) is 14.8. The highest BCUT2D eigenvalue weighted by Crippen LogP contribution is 2.41. The second kappa shape index (κ2) is 6.36. The summed E-state index contributed by atoms with van der Waals surface area (Å²) in [6.45, 7) is 8.89. The molecule has 1 aromatic carbocycles. The van der Waals surface area contributed by atoms with E-state index in [1.807, 2.05) is 6.92 Å². The molecule has 1 aliphatic rings. The molecule has 2 rings (SSSR count). The van der Waals surface area contributed by atoms with Crippen LogP contribution in [0.3, 0.4) is 0 Å². The van der Waals surface area contributed by atoms with Gasteiger partial charge in [0.1, 0.15) is 0 Å². The first-order valence-corrected chi connectivity index (χ1v) is 8.16. The molecule has 1 heterocycles. The van der Waals surface area contributed by atoms with Crippen LogP contribution in [0.2, 0.25) is 5.02 Å². The highest BCUT2D eigenvalue weighted by molar-refractivity contribution is 6.33. The van der Waals surface area contributed by atoms with Crippen LogP contribution >= 0.6 is 11.6 Å². The molecule has 3 heteroatoms. The lowest BCUT2D eigenvalue weighted by Gasteiger charge is -2.27. The van der Waals surface area contributed by atoms with Crippen LogP contribution in [-0.4, -0.2) is 19.1 Å². The second-order valence-corrected chi connectivity index (χ2v) is 6.75. The SMILES string of the molecule is CCC1(CC)CCN(c2ccc(CC(C)N)cc2Cl)C1. The van der Waals surface area contributed by atoms with Gasteiger partial charge in [0, 0.05) is 19.1 Å². The van der Waals surface area contributed by atoms with E-state index in [9.17, 15) is 0 Å². The minimum atomic E-state index is 0.177. The monoisotopic (exact) mass is 294 g/mol. The number of nitrogens with zero attached hydrogens (tertiary/aromatic N) is 1. The van der Waals surface area contributed by atoms with Crippen LogP contribution in [0.1, 0.15) is 45.6 Å². The lowest BCUT2D eigenvalue weighted by Crippen LogP contribution is -2.26. The molecule has 1 atom stereocenters. The lowest BCUT2D eigenvalue weighted by molar-refractivity contribution is 0.301. The van der Waals surface area contributed by atoms with Gasteiger partial charge in [-0.25, -0.2) is 0 Å². The van der Waals surface area contributed by atoms with E-state index < -0.39 is 0 Å². The van der Waals surface area contributed by atoms with Crippen LogP contribution < -0.4 is 10.6 Å². The van der Waals surface area contributed by atoms with Gasteiger partial charge in [0.2, 0.25) is 0 Å². The molecule has 0 bridgehead atoms. The van der Waals surface area contributed by atoms with Crippen LogP contribution in [0, 0.1) is 5.41 Å². The van der Waals surface area contributed by atoms with Crippen molar-refractivity contribution >= 4 is 17.3 Å². The molecule has 0 radical (unpaired) electrons. The van der Waals surface area contributed by atoms with Crippen molar-refractivity contribution in [2.45, 2.75) is 52.5 Å². The van der Waals surface area contributed by atoms with E-state index in [0.29, 0.717) is 5.41 Å². The molecule has 2 N–H and O–H groups in total. The van der Waals surface area contributed by atoms with Gasteiger partial charge in [-0.3, -0.25) is 0 Å². The number of rotatable bonds is 5. The Morgan fingerprint density at radius 2 is 2.05 bits per heavy atom. The summed E-state index contributed by atoms with van der Waals surface area (Å²) in [5.74, 6) is 0. The lowest BCUT2D eigenvalue weighted by atomic mass is 9.82. The van der Waals surface area contributed by atoms with Gasteiger partial charge in [-0.15, -0.1) is 0 Å². The Morgan fingerprint density at radius 1 is 1.35 bits per heavy atom. The van der Waals surface area contributed by atoms with E-state index in [1.54, 1.807) is 0 Å². The molecule has 1 aromatic rings. The Morgan fingerprint density at radius 3 is 2.55 bits per heavy atom. The summed E-state index contributed by atoms with van der Waals surface area (Å²) in [5.41, 5.74) is 8.74. The molecule has 20 heavy (non-hydrogen) atoms. The topological polar surface area (TPSA) is 29.3 Å². The molecule has 0 aliphatic carbocycles. The molecule has 112 valence electrons. The van der Waals surface area contributed by atoms with Crippen molar-refractivity contribution in [1.82, 2.24) is 0 Å². The van der Waals surface area contributed by atoms with Gasteiger partial charge in [-0.1, -0.05) is 31.5 Å². The Bertz CT molecular complexity index is 452. The maximum atomic E-state index is 6.49. The number of nitrogens with two attached hydrogens (primary N) is 1. The van der Waals surface area contributed by atoms with E-state index in [1.165, 1.54) is 30.5 Å². The summed E-state index contributed by atoms with van der Waals surface area (Å²) in [6.07, 6.45) is 4.66. The standard InChI is InChI=1S/C17H27ClN2/c1-4-17(5-2)8-9-20(12-17)16-7-6-14(10-13(3)19)11-15(16)18/h6-7,11,13H,4-5,8-10,12,19H2,1-3H3. The van der Waals surface area contributed by atoms with Crippen LogP contribution in [0.4, 0.5) is 5.69 Å². The fraction of sp³-hybridized carbons (Fsp3) is 0.647. The van der Waals surface area contributed by atoms with Crippen LogP contribution in [0.25, 0.3) is 0 Å². The van der Waals surface area contributed by atoms with Crippen molar-refractivity contribution in [3.63, 3.8) is 0 Å². The molecule has 1 aliphatic heterocycles. The van der Waals surface area contributed by atoms with Gasteiger partial charge in [-0.2, -0.15) is 0 Å². The Labute approximate surface area is 128 Å². The van der Waals surface area contributed by atoms with Crippen LogP contribution in [0.15, 0.2) is 18.2 Å². The smallest absolute Gasteiger partial charge is 0.0642 e. The molecule has 0 saturated carbocycles. The number of anilines is 1. The highest BCUT2D eigenvalue weighted by atomic mass is 35.5. The Kier molecular flexibility index (Phi) is 4.98. The molecule has 1 saturated heterocycles.